The van der Waals surface area contributed by atoms with E-state index >= 15 is 0 Å². The van der Waals surface area contributed by atoms with E-state index in [1.54, 1.807) is 11.3 Å². The number of para-hydroxylation sites is 1. The molecule has 0 radical (unpaired) electrons. The summed E-state index contributed by atoms with van der Waals surface area (Å²) in [6.07, 6.45) is 2.86. The molecule has 0 aliphatic rings. The SMILES string of the molecule is C[C@H](N[C@H](CO)Cc1c[nH]c2ccccc12)c1ccsc1. The second-order valence-corrected chi connectivity index (χ2v) is 6.17. The number of fused-ring (bicyclic) bond motifs is 1. The molecule has 0 amide bonds. The van der Waals surface area contributed by atoms with Crippen molar-refractivity contribution in [3.05, 3.63) is 58.4 Å². The molecule has 0 fully saturated rings. The first kappa shape index (κ1) is 14.3. The van der Waals surface area contributed by atoms with Gasteiger partial charge in [-0.15, -0.1) is 0 Å². The maximum atomic E-state index is 9.67. The molecule has 0 saturated heterocycles. The molecule has 3 N–H and O–H groups in total. The lowest BCUT2D eigenvalue weighted by molar-refractivity contribution is 0.233. The zero-order valence-corrected chi connectivity index (χ0v) is 12.9. The predicted octanol–water partition coefficient (Wildman–Crippen LogP) is 3.48. The van der Waals surface area contributed by atoms with Crippen molar-refractivity contribution in [1.29, 1.82) is 0 Å². The second kappa shape index (κ2) is 6.43. The third-order valence-corrected chi connectivity index (χ3v) is 4.59. The molecule has 2 atom stereocenters. The van der Waals surface area contributed by atoms with Crippen LogP contribution in [0, 0.1) is 0 Å². The van der Waals surface area contributed by atoms with E-state index in [0.717, 1.165) is 11.9 Å². The van der Waals surface area contributed by atoms with E-state index in [9.17, 15) is 5.11 Å². The molecule has 0 bridgehead atoms. The maximum absolute atomic E-state index is 9.67. The summed E-state index contributed by atoms with van der Waals surface area (Å²) in [5, 5.41) is 18.7. The summed E-state index contributed by atoms with van der Waals surface area (Å²) in [7, 11) is 0. The molecule has 0 saturated carbocycles. The summed E-state index contributed by atoms with van der Waals surface area (Å²) in [5.74, 6) is 0. The number of thiophene rings is 1. The van der Waals surface area contributed by atoms with Crippen LogP contribution in [0.25, 0.3) is 10.9 Å². The Morgan fingerprint density at radius 3 is 2.90 bits per heavy atom. The van der Waals surface area contributed by atoms with Crippen molar-refractivity contribution in [2.75, 3.05) is 6.61 Å². The van der Waals surface area contributed by atoms with E-state index in [2.05, 4.69) is 52.3 Å². The lowest BCUT2D eigenvalue weighted by Crippen LogP contribution is -2.36. The molecule has 1 aromatic carbocycles. The lowest BCUT2D eigenvalue weighted by atomic mass is 10.0. The summed E-state index contributed by atoms with van der Waals surface area (Å²) >= 11 is 1.70. The Bertz CT molecular complexity index is 690. The number of nitrogens with one attached hydrogen (secondary N) is 2. The summed E-state index contributed by atoms with van der Waals surface area (Å²) in [5.41, 5.74) is 3.67. The largest absolute Gasteiger partial charge is 0.395 e. The number of H-pyrrole nitrogens is 1. The quantitative estimate of drug-likeness (QED) is 0.652. The number of aliphatic hydroxyl groups is 1. The monoisotopic (exact) mass is 300 g/mol. The highest BCUT2D eigenvalue weighted by molar-refractivity contribution is 7.07. The highest BCUT2D eigenvalue weighted by Crippen LogP contribution is 2.21. The van der Waals surface area contributed by atoms with Crippen LogP contribution >= 0.6 is 11.3 Å². The first-order chi connectivity index (χ1) is 10.3. The predicted molar refractivity (Wildman–Crippen MR) is 88.7 cm³/mol. The molecule has 2 heterocycles. The van der Waals surface area contributed by atoms with E-state index in [-0.39, 0.29) is 18.7 Å². The number of hydrogen-bond donors (Lipinski definition) is 3. The van der Waals surface area contributed by atoms with E-state index in [4.69, 9.17) is 0 Å². The van der Waals surface area contributed by atoms with Gasteiger partial charge in [0, 0.05) is 29.2 Å². The van der Waals surface area contributed by atoms with Crippen LogP contribution in [0.3, 0.4) is 0 Å². The van der Waals surface area contributed by atoms with Gasteiger partial charge in [-0.25, -0.2) is 0 Å². The molecule has 3 nitrogen and oxygen atoms in total. The second-order valence-electron chi connectivity index (χ2n) is 5.39. The lowest BCUT2D eigenvalue weighted by Gasteiger charge is -2.21. The normalized spacial score (nSPS) is 14.4. The van der Waals surface area contributed by atoms with Gasteiger partial charge >= 0.3 is 0 Å². The van der Waals surface area contributed by atoms with Gasteiger partial charge in [0.05, 0.1) is 6.61 Å². The topological polar surface area (TPSA) is 48.0 Å². The van der Waals surface area contributed by atoms with Crippen LogP contribution < -0.4 is 5.32 Å². The summed E-state index contributed by atoms with van der Waals surface area (Å²) < 4.78 is 0. The molecule has 110 valence electrons. The van der Waals surface area contributed by atoms with Crippen molar-refractivity contribution in [3.8, 4) is 0 Å². The fourth-order valence-corrected chi connectivity index (χ4v) is 3.47. The number of rotatable bonds is 6. The summed E-state index contributed by atoms with van der Waals surface area (Å²) in [6, 6.07) is 10.7. The van der Waals surface area contributed by atoms with Crippen LogP contribution in [-0.2, 0) is 6.42 Å². The van der Waals surface area contributed by atoms with Gasteiger partial charge in [-0.2, -0.15) is 11.3 Å². The van der Waals surface area contributed by atoms with Gasteiger partial charge in [-0.1, -0.05) is 18.2 Å². The Kier molecular flexibility index (Phi) is 4.39. The van der Waals surface area contributed by atoms with Crippen molar-refractivity contribution in [2.24, 2.45) is 0 Å². The van der Waals surface area contributed by atoms with E-state index < -0.39 is 0 Å². The van der Waals surface area contributed by atoms with Crippen molar-refractivity contribution >= 4 is 22.2 Å². The maximum Gasteiger partial charge on any atom is 0.0588 e. The average Bonchev–Trinajstić information content (AvgIpc) is 3.16. The van der Waals surface area contributed by atoms with Crippen LogP contribution in [0.4, 0.5) is 0 Å². The zero-order chi connectivity index (χ0) is 14.7. The molecule has 0 aliphatic heterocycles. The summed E-state index contributed by atoms with van der Waals surface area (Å²) in [4.78, 5) is 3.29. The molecule has 3 aromatic rings. The van der Waals surface area contributed by atoms with Gasteiger partial charge in [0.25, 0.3) is 0 Å². The Balaban J connectivity index is 1.72. The molecule has 3 rings (SSSR count). The molecule has 21 heavy (non-hydrogen) atoms. The minimum Gasteiger partial charge on any atom is -0.395 e. The fraction of sp³-hybridized carbons (Fsp3) is 0.294. The van der Waals surface area contributed by atoms with Gasteiger partial charge in [-0.3, -0.25) is 0 Å². The minimum atomic E-state index is 0.0547. The number of aromatic amines is 1. The van der Waals surface area contributed by atoms with Crippen LogP contribution in [0.1, 0.15) is 24.1 Å². The Morgan fingerprint density at radius 2 is 2.14 bits per heavy atom. The Labute approximate surface area is 128 Å². The van der Waals surface area contributed by atoms with E-state index in [0.29, 0.717) is 0 Å². The van der Waals surface area contributed by atoms with Crippen molar-refractivity contribution in [3.63, 3.8) is 0 Å². The smallest absolute Gasteiger partial charge is 0.0588 e. The zero-order valence-electron chi connectivity index (χ0n) is 12.0. The Hall–Kier alpha value is -1.62. The van der Waals surface area contributed by atoms with Crippen LogP contribution in [-0.4, -0.2) is 22.7 Å². The number of aromatic nitrogens is 1. The molecule has 4 heteroatoms. The average molecular weight is 300 g/mol. The van der Waals surface area contributed by atoms with E-state index in [1.807, 2.05) is 12.3 Å². The Morgan fingerprint density at radius 1 is 1.29 bits per heavy atom. The van der Waals surface area contributed by atoms with E-state index in [1.165, 1.54) is 16.5 Å². The highest BCUT2D eigenvalue weighted by atomic mass is 32.1. The molecule has 0 spiro atoms. The van der Waals surface area contributed by atoms with Gasteiger partial charge < -0.3 is 15.4 Å². The van der Waals surface area contributed by atoms with Crippen LogP contribution in [0.5, 0.6) is 0 Å². The third kappa shape index (κ3) is 3.18. The molecule has 2 aromatic heterocycles. The molecule has 0 aliphatic carbocycles. The third-order valence-electron chi connectivity index (χ3n) is 3.89. The number of benzene rings is 1. The molecular weight excluding hydrogens is 280 g/mol. The number of aliphatic hydroxyl groups excluding tert-OH is 1. The van der Waals surface area contributed by atoms with Crippen LogP contribution in [0.15, 0.2) is 47.3 Å². The van der Waals surface area contributed by atoms with Crippen molar-refractivity contribution in [1.82, 2.24) is 10.3 Å². The molecular formula is C17H20N2OS. The van der Waals surface area contributed by atoms with Gasteiger partial charge in [-0.05, 0) is 47.4 Å². The van der Waals surface area contributed by atoms with Gasteiger partial charge in [0.1, 0.15) is 0 Å². The minimum absolute atomic E-state index is 0.0547. The fourth-order valence-electron chi connectivity index (χ4n) is 2.71. The summed E-state index contributed by atoms with van der Waals surface area (Å²) in [6.45, 7) is 2.27. The standard InChI is InChI=1S/C17H20N2OS/c1-12(13-6-7-21-11-13)19-15(10-20)8-14-9-18-17-5-3-2-4-16(14)17/h2-7,9,11-12,15,18-20H,8,10H2,1H3/t12-,15-/m0/s1. The van der Waals surface area contributed by atoms with Gasteiger partial charge in [0.2, 0.25) is 0 Å². The number of hydrogen-bond acceptors (Lipinski definition) is 3. The van der Waals surface area contributed by atoms with Crippen molar-refractivity contribution in [2.45, 2.75) is 25.4 Å². The van der Waals surface area contributed by atoms with Gasteiger partial charge in [0.15, 0.2) is 0 Å². The molecule has 0 unspecified atom stereocenters. The van der Waals surface area contributed by atoms with Crippen LogP contribution in [0.2, 0.25) is 0 Å². The first-order valence-electron chi connectivity index (χ1n) is 7.22. The van der Waals surface area contributed by atoms with Crippen molar-refractivity contribution < 1.29 is 5.11 Å². The highest BCUT2D eigenvalue weighted by Gasteiger charge is 2.15. The first-order valence-corrected chi connectivity index (χ1v) is 8.16.